The first-order chi connectivity index (χ1) is 16.4. The number of thiocarbonyl (C=S) groups is 1. The van der Waals surface area contributed by atoms with Crippen LogP contribution in [0, 0.1) is 20.2 Å². The van der Waals surface area contributed by atoms with E-state index in [9.17, 15) is 34.6 Å². The maximum absolute atomic E-state index is 11.9. The Labute approximate surface area is 202 Å². The van der Waals surface area contributed by atoms with Crippen LogP contribution in [0.1, 0.15) is 20.8 Å². The summed E-state index contributed by atoms with van der Waals surface area (Å²) in [4.78, 5) is 59.8. The molecule has 1 aliphatic heterocycles. The fourth-order valence-electron chi connectivity index (χ4n) is 3.32. The van der Waals surface area contributed by atoms with Crippen LogP contribution in [0.25, 0.3) is 0 Å². The second-order valence-electron chi connectivity index (χ2n) is 7.12. The number of hydrogen-bond acceptors (Lipinski definition) is 14. The number of carbonyl (C=O) groups excluding carboxylic acids is 3. The summed E-state index contributed by atoms with van der Waals surface area (Å²) in [6, 6.07) is 1.57. The molecule has 1 aliphatic rings. The standard InChI is InChI=1S/C19H20N4O11S/c1-9(24)31-7-15-17(32-10(2)25)18(33-11(3)26)16(19(34-15)20-8-35)21-13-5-4-12(22(27)28)6-14(13)23(29)30/h4-6,15-19,21H,7H2,1-3H3/t15-,16-,17-,18-,19?/m1/s1. The summed E-state index contributed by atoms with van der Waals surface area (Å²) in [5.74, 6) is -2.27. The average Bonchev–Trinajstić information content (AvgIpc) is 2.75. The molecule has 1 saturated heterocycles. The summed E-state index contributed by atoms with van der Waals surface area (Å²) in [7, 11) is 0. The monoisotopic (exact) mass is 512 g/mol. The number of ether oxygens (including phenoxy) is 4. The number of isothiocyanates is 1. The smallest absolute Gasteiger partial charge is 0.303 e. The van der Waals surface area contributed by atoms with Gasteiger partial charge in [0.25, 0.3) is 11.4 Å². The molecule has 1 N–H and O–H groups in total. The molecule has 1 fully saturated rings. The summed E-state index contributed by atoms with van der Waals surface area (Å²) in [5, 5.41) is 27.4. The quantitative estimate of drug-likeness (QED) is 0.125. The SMILES string of the molecule is CC(=O)OC[C@H]1OC(N=C=S)[C@H](Nc2ccc([N+](=O)[O-])cc2[N+](=O)[O-])[C@@H](OC(C)=O)[C@@H]1OC(C)=O. The molecule has 0 aliphatic carbocycles. The maximum Gasteiger partial charge on any atom is 0.303 e. The molecule has 16 heteroatoms. The zero-order valence-corrected chi connectivity index (χ0v) is 19.4. The molecule has 188 valence electrons. The van der Waals surface area contributed by atoms with Gasteiger partial charge in [0.15, 0.2) is 18.4 Å². The largest absolute Gasteiger partial charge is 0.463 e. The van der Waals surface area contributed by atoms with Crippen LogP contribution in [-0.4, -0.2) is 70.1 Å². The normalized spacial score (nSPS) is 23.2. The topological polar surface area (TPSA) is 199 Å². The number of esters is 3. The van der Waals surface area contributed by atoms with Crippen molar-refractivity contribution in [2.75, 3.05) is 11.9 Å². The van der Waals surface area contributed by atoms with Crippen molar-refractivity contribution in [3.8, 4) is 0 Å². The van der Waals surface area contributed by atoms with Crippen LogP contribution in [0.5, 0.6) is 0 Å². The van der Waals surface area contributed by atoms with E-state index in [1.165, 1.54) is 0 Å². The number of aliphatic imine (C=N–C) groups is 1. The van der Waals surface area contributed by atoms with Gasteiger partial charge in [-0.05, 0) is 18.3 Å². The van der Waals surface area contributed by atoms with Crippen molar-refractivity contribution in [2.24, 2.45) is 4.99 Å². The highest BCUT2D eigenvalue weighted by atomic mass is 32.1. The summed E-state index contributed by atoms with van der Waals surface area (Å²) in [5.41, 5.74) is -1.42. The van der Waals surface area contributed by atoms with Gasteiger partial charge in [-0.1, -0.05) is 0 Å². The predicted octanol–water partition coefficient (Wildman–Crippen LogP) is 1.54. The van der Waals surface area contributed by atoms with Crippen LogP contribution in [0.3, 0.4) is 0 Å². The number of nitrogens with zero attached hydrogens (tertiary/aromatic N) is 3. The molecule has 1 unspecified atom stereocenters. The van der Waals surface area contributed by atoms with E-state index >= 15 is 0 Å². The molecule has 0 spiro atoms. The van der Waals surface area contributed by atoms with E-state index in [2.05, 4.69) is 27.7 Å². The van der Waals surface area contributed by atoms with Crippen molar-refractivity contribution in [2.45, 2.75) is 51.4 Å². The molecule has 2 rings (SSSR count). The van der Waals surface area contributed by atoms with Gasteiger partial charge in [-0.2, -0.15) is 4.99 Å². The number of hydrogen-bond donors (Lipinski definition) is 1. The fourth-order valence-corrected chi connectivity index (χ4v) is 3.43. The first-order valence-corrected chi connectivity index (χ1v) is 10.2. The van der Waals surface area contributed by atoms with Crippen LogP contribution in [0.2, 0.25) is 0 Å². The van der Waals surface area contributed by atoms with Crippen LogP contribution in [0.4, 0.5) is 17.1 Å². The van der Waals surface area contributed by atoms with Crippen molar-refractivity contribution in [1.29, 1.82) is 0 Å². The average molecular weight is 512 g/mol. The zero-order valence-electron chi connectivity index (χ0n) is 18.6. The second-order valence-corrected chi connectivity index (χ2v) is 7.30. The van der Waals surface area contributed by atoms with E-state index in [1.807, 2.05) is 0 Å². The Kier molecular flexibility index (Phi) is 9.27. The third kappa shape index (κ3) is 7.23. The molecule has 1 heterocycles. The molecule has 5 atom stereocenters. The van der Waals surface area contributed by atoms with Gasteiger partial charge in [-0.3, -0.25) is 34.6 Å². The lowest BCUT2D eigenvalue weighted by Gasteiger charge is -2.43. The molecule has 1 aromatic rings. The molecule has 0 radical (unpaired) electrons. The highest BCUT2D eigenvalue weighted by molar-refractivity contribution is 7.78. The van der Waals surface area contributed by atoms with Gasteiger partial charge < -0.3 is 24.3 Å². The van der Waals surface area contributed by atoms with Crippen LogP contribution < -0.4 is 5.32 Å². The van der Waals surface area contributed by atoms with E-state index in [1.54, 1.807) is 0 Å². The zero-order chi connectivity index (χ0) is 26.3. The van der Waals surface area contributed by atoms with Crippen molar-refractivity contribution >= 4 is 52.3 Å². The predicted molar refractivity (Wildman–Crippen MR) is 119 cm³/mol. The first kappa shape index (κ1) is 27.2. The van der Waals surface area contributed by atoms with Crippen molar-refractivity contribution in [3.63, 3.8) is 0 Å². The van der Waals surface area contributed by atoms with Gasteiger partial charge >= 0.3 is 17.9 Å². The van der Waals surface area contributed by atoms with Crippen molar-refractivity contribution in [1.82, 2.24) is 0 Å². The van der Waals surface area contributed by atoms with Gasteiger partial charge in [0.1, 0.15) is 24.4 Å². The Hall–Kier alpha value is -4.01. The number of rotatable bonds is 9. The van der Waals surface area contributed by atoms with E-state index < -0.39 is 76.3 Å². The number of nitro benzene ring substituents is 2. The summed E-state index contributed by atoms with van der Waals surface area (Å²) in [6.07, 6.45) is -5.22. The van der Waals surface area contributed by atoms with E-state index in [4.69, 9.17) is 18.9 Å². The minimum Gasteiger partial charge on any atom is -0.463 e. The number of benzene rings is 1. The van der Waals surface area contributed by atoms with Gasteiger partial charge in [0.05, 0.1) is 21.1 Å². The Morgan fingerprint density at radius 2 is 1.71 bits per heavy atom. The molecule has 1 aromatic carbocycles. The maximum atomic E-state index is 11.9. The number of nitrogens with one attached hydrogen (secondary N) is 1. The van der Waals surface area contributed by atoms with Crippen LogP contribution in [-0.2, 0) is 33.3 Å². The number of non-ortho nitro benzene ring substituents is 1. The summed E-state index contributed by atoms with van der Waals surface area (Å²) >= 11 is 4.65. The molecule has 15 nitrogen and oxygen atoms in total. The Morgan fingerprint density at radius 1 is 1.09 bits per heavy atom. The highest BCUT2D eigenvalue weighted by Gasteiger charge is 2.51. The number of carbonyl (C=O) groups is 3. The van der Waals surface area contributed by atoms with Crippen molar-refractivity contribution < 1.29 is 43.2 Å². The first-order valence-electron chi connectivity index (χ1n) is 9.84. The Bertz CT molecular complexity index is 1070. The van der Waals surface area contributed by atoms with Gasteiger partial charge in [-0.25, -0.2) is 0 Å². The van der Waals surface area contributed by atoms with E-state index in [0.717, 1.165) is 39.0 Å². The number of anilines is 1. The molecule has 0 bridgehead atoms. The lowest BCUT2D eigenvalue weighted by atomic mass is 9.95. The molecule has 0 amide bonds. The molecule has 35 heavy (non-hydrogen) atoms. The van der Waals surface area contributed by atoms with Crippen LogP contribution in [0.15, 0.2) is 23.2 Å². The molecule has 0 saturated carbocycles. The highest BCUT2D eigenvalue weighted by Crippen LogP contribution is 2.34. The lowest BCUT2D eigenvalue weighted by Crippen LogP contribution is -2.63. The van der Waals surface area contributed by atoms with Gasteiger partial charge in [-0.15, -0.1) is 0 Å². The van der Waals surface area contributed by atoms with E-state index in [-0.39, 0.29) is 5.69 Å². The molecular weight excluding hydrogens is 492 g/mol. The summed E-state index contributed by atoms with van der Waals surface area (Å²) < 4.78 is 21.4. The molecule has 0 aromatic heterocycles. The third-order valence-electron chi connectivity index (χ3n) is 4.61. The van der Waals surface area contributed by atoms with Crippen molar-refractivity contribution in [3.05, 3.63) is 38.4 Å². The van der Waals surface area contributed by atoms with Gasteiger partial charge in [0.2, 0.25) is 0 Å². The Morgan fingerprint density at radius 3 is 2.23 bits per heavy atom. The minimum absolute atomic E-state index is 0.212. The van der Waals surface area contributed by atoms with E-state index in [0.29, 0.717) is 0 Å². The number of nitro groups is 2. The lowest BCUT2D eigenvalue weighted by molar-refractivity contribution is -0.393. The molecular formula is C19H20N4O11S. The Balaban J connectivity index is 2.58. The minimum atomic E-state index is -1.38. The fraction of sp³-hybridized carbons (Fsp3) is 0.474. The van der Waals surface area contributed by atoms with Crippen LogP contribution >= 0.6 is 12.2 Å². The second kappa shape index (κ2) is 11.9. The van der Waals surface area contributed by atoms with Gasteiger partial charge in [0, 0.05) is 26.8 Å². The third-order valence-corrected chi connectivity index (χ3v) is 4.72. The summed E-state index contributed by atoms with van der Waals surface area (Å²) in [6.45, 7) is 2.87.